The van der Waals surface area contributed by atoms with E-state index in [1.807, 2.05) is 21.1 Å². The number of carbonyl (C=O) groups excluding carboxylic acids is 1. The van der Waals surface area contributed by atoms with E-state index >= 15 is 0 Å². The second-order valence-corrected chi connectivity index (χ2v) is 5.66. The highest BCUT2D eigenvalue weighted by Crippen LogP contribution is 2.20. The lowest BCUT2D eigenvalue weighted by Gasteiger charge is -2.23. The van der Waals surface area contributed by atoms with Gasteiger partial charge in [-0.2, -0.15) is 13.2 Å². The van der Waals surface area contributed by atoms with Crippen molar-refractivity contribution in [2.24, 2.45) is 0 Å². The number of halogens is 3. The number of nitrogens with zero attached hydrogens (tertiary/aromatic N) is 1. The maximum absolute atomic E-state index is 10.7. The van der Waals surface area contributed by atoms with E-state index in [9.17, 15) is 18.0 Å². The summed E-state index contributed by atoms with van der Waals surface area (Å²) in [6, 6.07) is 0. The smallest absolute Gasteiger partial charge is 0.485 e. The Morgan fingerprint density at radius 1 is 1.37 bits per heavy atom. The lowest BCUT2D eigenvalue weighted by atomic mass is 10.5. The predicted molar refractivity (Wildman–Crippen MR) is 59.8 cm³/mol. The average Bonchev–Trinajstić information content (AvgIpc) is 2.13. The van der Waals surface area contributed by atoms with Gasteiger partial charge in [-0.3, -0.25) is 0 Å². The summed E-state index contributed by atoms with van der Waals surface area (Å²) in [6.45, 7) is 4.57. The Morgan fingerprint density at radius 3 is 1.95 bits per heavy atom. The van der Waals surface area contributed by atoms with Gasteiger partial charge in [0.05, 0.1) is 21.1 Å². The number of hydrogen-bond acceptors (Lipinski definition) is 5. The van der Waals surface area contributed by atoms with Gasteiger partial charge < -0.3 is 13.8 Å². The van der Waals surface area contributed by atoms with Crippen molar-refractivity contribution in [3.05, 3.63) is 12.7 Å². The van der Waals surface area contributed by atoms with Gasteiger partial charge in [0.2, 0.25) is 0 Å². The summed E-state index contributed by atoms with van der Waals surface area (Å²) in [4.78, 5) is 10.6. The molecular weight excluding hydrogens is 291 g/mol. The van der Waals surface area contributed by atoms with Crippen LogP contribution in [0.4, 0.5) is 13.2 Å². The summed E-state index contributed by atoms with van der Waals surface area (Å²) in [5, 5.41) is 0. The minimum Gasteiger partial charge on any atom is -0.741 e. The van der Waals surface area contributed by atoms with Gasteiger partial charge in [-0.1, -0.05) is 6.58 Å². The highest BCUT2D eigenvalue weighted by Gasteiger charge is 2.36. The first-order valence-electron chi connectivity index (χ1n) is 4.82. The van der Waals surface area contributed by atoms with Crippen molar-refractivity contribution in [2.45, 2.75) is 5.51 Å². The van der Waals surface area contributed by atoms with Crippen LogP contribution in [-0.4, -0.2) is 63.2 Å². The summed E-state index contributed by atoms with van der Waals surface area (Å²) < 4.78 is 64.5. The van der Waals surface area contributed by atoms with E-state index in [0.717, 1.165) is 11.0 Å². The molecule has 0 aliphatic heterocycles. The van der Waals surface area contributed by atoms with Crippen molar-refractivity contribution in [1.29, 1.82) is 0 Å². The SMILES string of the molecule is C=CC(=O)OCC[N+](C)(C)C.O=S(=O)([O-])C(F)(F)F. The van der Waals surface area contributed by atoms with Crippen LogP contribution in [0.2, 0.25) is 0 Å². The quantitative estimate of drug-likeness (QED) is 0.248. The topological polar surface area (TPSA) is 83.5 Å². The Hall–Kier alpha value is -1.13. The van der Waals surface area contributed by atoms with E-state index in [1.165, 1.54) is 6.08 Å². The molecule has 10 heteroatoms. The third kappa shape index (κ3) is 13.1. The van der Waals surface area contributed by atoms with Crippen molar-refractivity contribution in [3.63, 3.8) is 0 Å². The van der Waals surface area contributed by atoms with Crippen molar-refractivity contribution in [3.8, 4) is 0 Å². The molecule has 0 heterocycles. The Labute approximate surface area is 109 Å². The number of alkyl halides is 3. The van der Waals surface area contributed by atoms with Gasteiger partial charge in [-0.05, 0) is 0 Å². The van der Waals surface area contributed by atoms with Crippen LogP contribution in [0.15, 0.2) is 12.7 Å². The first kappa shape index (κ1) is 20.2. The van der Waals surface area contributed by atoms with Crippen LogP contribution in [0, 0.1) is 0 Å². The second-order valence-electron chi connectivity index (χ2n) is 4.29. The van der Waals surface area contributed by atoms with Crippen LogP contribution >= 0.6 is 0 Å². The maximum atomic E-state index is 10.7. The third-order valence-corrected chi connectivity index (χ3v) is 2.02. The van der Waals surface area contributed by atoms with Crippen LogP contribution in [0.5, 0.6) is 0 Å². The molecule has 0 spiro atoms. The highest BCUT2D eigenvalue weighted by atomic mass is 32.2. The molecule has 0 saturated carbocycles. The summed E-state index contributed by atoms with van der Waals surface area (Å²) in [5.41, 5.74) is -5.65. The third-order valence-electron chi connectivity index (χ3n) is 1.46. The van der Waals surface area contributed by atoms with Crippen LogP contribution in [-0.2, 0) is 19.6 Å². The molecule has 0 aliphatic carbocycles. The Bertz CT molecular complexity index is 397. The van der Waals surface area contributed by atoms with Gasteiger partial charge in [0.25, 0.3) is 0 Å². The van der Waals surface area contributed by atoms with Gasteiger partial charge in [0.15, 0.2) is 10.1 Å². The molecule has 0 amide bonds. The molecule has 0 radical (unpaired) electrons. The molecule has 0 saturated heterocycles. The lowest BCUT2D eigenvalue weighted by Crippen LogP contribution is -2.37. The molecule has 114 valence electrons. The van der Waals surface area contributed by atoms with E-state index in [-0.39, 0.29) is 5.97 Å². The van der Waals surface area contributed by atoms with Crippen molar-refractivity contribution in [1.82, 2.24) is 0 Å². The van der Waals surface area contributed by atoms with Crippen molar-refractivity contribution >= 4 is 16.1 Å². The molecule has 0 fully saturated rings. The zero-order chi connectivity index (χ0) is 15.9. The largest absolute Gasteiger partial charge is 0.741 e. The number of quaternary nitrogens is 1. The molecule has 0 aromatic heterocycles. The first-order chi connectivity index (χ1) is 8.20. The summed E-state index contributed by atoms with van der Waals surface area (Å²) >= 11 is 0. The zero-order valence-corrected chi connectivity index (χ0v) is 11.5. The minimum atomic E-state index is -6.09. The Kier molecular flexibility index (Phi) is 7.93. The molecule has 0 unspecified atom stereocenters. The second kappa shape index (κ2) is 7.46. The van der Waals surface area contributed by atoms with Gasteiger partial charge in [-0.15, -0.1) is 0 Å². The summed E-state index contributed by atoms with van der Waals surface area (Å²) in [6.07, 6.45) is 1.18. The molecule has 0 aliphatic rings. The number of carbonyl (C=O) groups is 1. The van der Waals surface area contributed by atoms with Crippen molar-refractivity contribution in [2.75, 3.05) is 34.3 Å². The predicted octanol–water partition coefficient (Wildman–Crippen LogP) is 0.473. The van der Waals surface area contributed by atoms with Crippen LogP contribution in [0.25, 0.3) is 0 Å². The zero-order valence-electron chi connectivity index (χ0n) is 10.7. The molecule has 6 nitrogen and oxygen atoms in total. The average molecular weight is 307 g/mol. The van der Waals surface area contributed by atoms with E-state index < -0.39 is 15.6 Å². The number of hydrogen-bond donors (Lipinski definition) is 0. The molecule has 0 bridgehead atoms. The monoisotopic (exact) mass is 307 g/mol. The van der Waals surface area contributed by atoms with Gasteiger partial charge in [0, 0.05) is 6.08 Å². The van der Waals surface area contributed by atoms with Crippen molar-refractivity contribution < 1.29 is 40.2 Å². The molecule has 0 atom stereocenters. The van der Waals surface area contributed by atoms with E-state index in [2.05, 4.69) is 6.58 Å². The Balaban J connectivity index is 0. The lowest BCUT2D eigenvalue weighted by molar-refractivity contribution is -0.870. The minimum absolute atomic E-state index is 0.349. The fourth-order valence-electron chi connectivity index (χ4n) is 0.479. The number of likely N-dealkylation sites (N-methyl/N-ethyl adjacent to an activating group) is 1. The van der Waals surface area contributed by atoms with E-state index in [4.69, 9.17) is 17.7 Å². The summed E-state index contributed by atoms with van der Waals surface area (Å²) in [7, 11) is 0.0399. The van der Waals surface area contributed by atoms with Gasteiger partial charge >= 0.3 is 11.5 Å². The van der Waals surface area contributed by atoms with E-state index in [1.54, 1.807) is 0 Å². The number of ether oxygens (including phenoxy) is 1. The normalized spacial score (nSPS) is 12.2. The fourth-order valence-corrected chi connectivity index (χ4v) is 0.479. The van der Waals surface area contributed by atoms with Gasteiger partial charge in [0.1, 0.15) is 13.2 Å². The highest BCUT2D eigenvalue weighted by molar-refractivity contribution is 7.86. The van der Waals surface area contributed by atoms with Crippen LogP contribution in [0.1, 0.15) is 0 Å². The molecule has 0 aromatic carbocycles. The van der Waals surface area contributed by atoms with Crippen LogP contribution in [0.3, 0.4) is 0 Å². The fraction of sp³-hybridized carbons (Fsp3) is 0.667. The molecule has 0 rings (SSSR count). The summed E-state index contributed by atoms with van der Waals surface area (Å²) in [5.74, 6) is -0.349. The van der Waals surface area contributed by atoms with Gasteiger partial charge in [-0.25, -0.2) is 13.2 Å². The van der Waals surface area contributed by atoms with Crippen LogP contribution < -0.4 is 0 Å². The standard InChI is InChI=1S/C8H16NO2.CHF3O3S/c1-5-8(10)11-7-6-9(2,3)4;2-1(3,4)8(5,6)7/h5H,1,6-7H2,2-4H3;(H,5,6,7)/q+1;/p-1. The maximum Gasteiger partial charge on any atom is 0.485 e. The van der Waals surface area contributed by atoms with E-state index in [0.29, 0.717) is 6.61 Å². The molecule has 0 aromatic rings. The molecular formula is C9H16F3NO5S. The Morgan fingerprint density at radius 2 is 1.74 bits per heavy atom. The molecule has 0 N–H and O–H groups in total. The first-order valence-corrected chi connectivity index (χ1v) is 6.23. The number of rotatable bonds is 4. The molecule has 19 heavy (non-hydrogen) atoms. The number of esters is 1.